The third-order valence-electron chi connectivity index (χ3n) is 6.39. The predicted octanol–water partition coefficient (Wildman–Crippen LogP) is 4.20. The molecular weight excluding hydrogens is 425 g/mol. The van der Waals surface area contributed by atoms with Crippen LogP contribution in [-0.2, 0) is 9.59 Å². The molecule has 5 nitrogen and oxygen atoms in total. The molecule has 2 aliphatic rings. The molecule has 2 fully saturated rings. The SMILES string of the molecule is CCCCN(CC)CCCNC(=O)C1CCC2S/C(=C/c3ccccc3F)C(=O)NC2C1. The first-order valence-corrected chi connectivity index (χ1v) is 12.8. The Kier molecular flexibility index (Phi) is 9.60. The van der Waals surface area contributed by atoms with Gasteiger partial charge in [-0.3, -0.25) is 9.59 Å². The van der Waals surface area contributed by atoms with Crippen molar-refractivity contribution in [1.29, 1.82) is 0 Å². The Bertz CT molecular complexity index is 816. The highest BCUT2D eigenvalue weighted by Gasteiger charge is 2.39. The summed E-state index contributed by atoms with van der Waals surface area (Å²) < 4.78 is 14.0. The highest BCUT2D eigenvalue weighted by molar-refractivity contribution is 8.04. The minimum absolute atomic E-state index is 0.0144. The molecule has 1 aromatic rings. The second kappa shape index (κ2) is 12.4. The summed E-state index contributed by atoms with van der Waals surface area (Å²) in [6.07, 6.45) is 7.35. The second-order valence-electron chi connectivity index (χ2n) is 8.71. The largest absolute Gasteiger partial charge is 0.356 e. The van der Waals surface area contributed by atoms with E-state index in [9.17, 15) is 14.0 Å². The van der Waals surface area contributed by atoms with Crippen LogP contribution in [0.4, 0.5) is 4.39 Å². The Hall–Kier alpha value is -1.86. The van der Waals surface area contributed by atoms with Gasteiger partial charge in [-0.05, 0) is 63.9 Å². The van der Waals surface area contributed by atoms with Crippen molar-refractivity contribution < 1.29 is 14.0 Å². The zero-order valence-corrected chi connectivity index (χ0v) is 20.1. The van der Waals surface area contributed by atoms with Crippen LogP contribution in [0.15, 0.2) is 29.2 Å². The van der Waals surface area contributed by atoms with E-state index in [0.29, 0.717) is 23.4 Å². The van der Waals surface area contributed by atoms with E-state index in [1.165, 1.54) is 30.7 Å². The van der Waals surface area contributed by atoms with Gasteiger partial charge in [-0.25, -0.2) is 4.39 Å². The fourth-order valence-electron chi connectivity index (χ4n) is 4.43. The summed E-state index contributed by atoms with van der Waals surface area (Å²) in [6.45, 7) is 8.26. The third-order valence-corrected chi connectivity index (χ3v) is 7.82. The van der Waals surface area contributed by atoms with Crippen molar-refractivity contribution in [2.75, 3.05) is 26.2 Å². The fourth-order valence-corrected chi connectivity index (χ4v) is 5.72. The van der Waals surface area contributed by atoms with Crippen LogP contribution in [-0.4, -0.2) is 54.2 Å². The Balaban J connectivity index is 1.46. The molecule has 0 aromatic heterocycles. The maximum absolute atomic E-state index is 14.0. The van der Waals surface area contributed by atoms with Crippen LogP contribution in [0.2, 0.25) is 0 Å². The van der Waals surface area contributed by atoms with Crippen molar-refractivity contribution in [2.45, 2.75) is 63.7 Å². The molecule has 0 spiro atoms. The van der Waals surface area contributed by atoms with Gasteiger partial charge in [0.15, 0.2) is 0 Å². The number of carbonyl (C=O) groups is 2. The lowest BCUT2D eigenvalue weighted by Crippen LogP contribution is -2.51. The minimum atomic E-state index is -0.330. The van der Waals surface area contributed by atoms with Crippen molar-refractivity contribution in [1.82, 2.24) is 15.5 Å². The smallest absolute Gasteiger partial charge is 0.257 e. The maximum atomic E-state index is 14.0. The quantitative estimate of drug-likeness (QED) is 0.405. The lowest BCUT2D eigenvalue weighted by Gasteiger charge is -2.39. The molecule has 1 saturated carbocycles. The van der Waals surface area contributed by atoms with E-state index in [0.717, 1.165) is 38.9 Å². The Morgan fingerprint density at radius 2 is 2.03 bits per heavy atom. The van der Waals surface area contributed by atoms with Crippen molar-refractivity contribution in [2.24, 2.45) is 5.92 Å². The van der Waals surface area contributed by atoms with Crippen LogP contribution in [0.3, 0.4) is 0 Å². The molecular formula is C25H36FN3O2S. The second-order valence-corrected chi connectivity index (χ2v) is 9.99. The van der Waals surface area contributed by atoms with Gasteiger partial charge in [0.05, 0.1) is 4.91 Å². The number of halogens is 1. The highest BCUT2D eigenvalue weighted by atomic mass is 32.2. The molecule has 1 aliphatic carbocycles. The van der Waals surface area contributed by atoms with Crippen LogP contribution >= 0.6 is 11.8 Å². The first kappa shape index (κ1) is 24.8. The molecule has 3 rings (SSSR count). The number of hydrogen-bond donors (Lipinski definition) is 2. The molecule has 3 atom stereocenters. The fraction of sp³-hybridized carbons (Fsp3) is 0.600. The van der Waals surface area contributed by atoms with Gasteiger partial charge >= 0.3 is 0 Å². The molecule has 2 N–H and O–H groups in total. The first-order valence-electron chi connectivity index (χ1n) is 12.0. The van der Waals surface area contributed by atoms with E-state index in [-0.39, 0.29) is 34.8 Å². The Morgan fingerprint density at radius 1 is 1.25 bits per heavy atom. The summed E-state index contributed by atoms with van der Waals surface area (Å²) in [4.78, 5) is 28.3. The maximum Gasteiger partial charge on any atom is 0.257 e. The summed E-state index contributed by atoms with van der Waals surface area (Å²) in [5.74, 6) is -0.459. The summed E-state index contributed by atoms with van der Waals surface area (Å²) >= 11 is 1.52. The normalized spacial score (nSPS) is 24.3. The van der Waals surface area contributed by atoms with Gasteiger partial charge in [0.1, 0.15) is 5.82 Å². The van der Waals surface area contributed by atoms with Gasteiger partial charge < -0.3 is 15.5 Å². The summed E-state index contributed by atoms with van der Waals surface area (Å²) in [7, 11) is 0. The van der Waals surface area contributed by atoms with E-state index >= 15 is 0 Å². The van der Waals surface area contributed by atoms with E-state index < -0.39 is 0 Å². The van der Waals surface area contributed by atoms with Crippen molar-refractivity contribution in [3.8, 4) is 0 Å². The first-order chi connectivity index (χ1) is 15.5. The van der Waals surface area contributed by atoms with Crippen LogP contribution in [0.5, 0.6) is 0 Å². The summed E-state index contributed by atoms with van der Waals surface area (Å²) in [5.41, 5.74) is 0.424. The van der Waals surface area contributed by atoms with Crippen LogP contribution < -0.4 is 10.6 Å². The van der Waals surface area contributed by atoms with Crippen molar-refractivity contribution >= 4 is 29.7 Å². The van der Waals surface area contributed by atoms with Crippen LogP contribution in [0.1, 0.15) is 57.9 Å². The molecule has 7 heteroatoms. The van der Waals surface area contributed by atoms with Gasteiger partial charge in [-0.15, -0.1) is 11.8 Å². The van der Waals surface area contributed by atoms with Gasteiger partial charge in [-0.2, -0.15) is 0 Å². The lowest BCUT2D eigenvalue weighted by atomic mass is 9.84. The standard InChI is InChI=1S/C25H36FN3O2S/c1-3-5-14-29(4-2)15-8-13-27-24(30)19-11-12-22-21(16-19)28-25(31)23(32-22)17-18-9-6-7-10-20(18)26/h6-7,9-10,17,19,21-22H,3-5,8,11-16H2,1-2H3,(H,27,30)(H,28,31)/b23-17+. The number of carbonyl (C=O) groups excluding carboxylic acids is 2. The van der Waals surface area contributed by atoms with Gasteiger partial charge in [0, 0.05) is 29.3 Å². The summed E-state index contributed by atoms with van der Waals surface area (Å²) in [5, 5.41) is 6.40. The number of hydrogen-bond acceptors (Lipinski definition) is 4. The minimum Gasteiger partial charge on any atom is -0.356 e. The third kappa shape index (κ3) is 6.82. The highest BCUT2D eigenvalue weighted by Crippen LogP contribution is 2.40. The van der Waals surface area contributed by atoms with E-state index in [4.69, 9.17) is 0 Å². The molecule has 1 aromatic carbocycles. The number of nitrogens with one attached hydrogen (secondary N) is 2. The number of rotatable bonds is 10. The molecule has 3 unspecified atom stereocenters. The molecule has 2 amide bonds. The number of amides is 2. The van der Waals surface area contributed by atoms with E-state index in [1.807, 2.05) is 0 Å². The number of thioether (sulfide) groups is 1. The average molecular weight is 462 g/mol. The van der Waals surface area contributed by atoms with Gasteiger partial charge in [0.25, 0.3) is 5.91 Å². The van der Waals surface area contributed by atoms with E-state index in [2.05, 4.69) is 29.4 Å². The lowest BCUT2D eigenvalue weighted by molar-refractivity contribution is -0.127. The predicted molar refractivity (Wildman–Crippen MR) is 130 cm³/mol. The number of benzene rings is 1. The van der Waals surface area contributed by atoms with Crippen molar-refractivity contribution in [3.63, 3.8) is 0 Å². The van der Waals surface area contributed by atoms with Crippen molar-refractivity contribution in [3.05, 3.63) is 40.6 Å². The summed E-state index contributed by atoms with van der Waals surface area (Å²) in [6, 6.07) is 6.46. The molecule has 1 heterocycles. The number of fused-ring (bicyclic) bond motifs is 1. The van der Waals surface area contributed by atoms with Gasteiger partial charge in [0.2, 0.25) is 5.91 Å². The number of unbranched alkanes of at least 4 members (excludes halogenated alkanes) is 1. The van der Waals surface area contributed by atoms with E-state index in [1.54, 1.807) is 24.3 Å². The van der Waals surface area contributed by atoms with Crippen LogP contribution in [0.25, 0.3) is 6.08 Å². The molecule has 0 bridgehead atoms. The monoisotopic (exact) mass is 461 g/mol. The number of nitrogens with zero attached hydrogens (tertiary/aromatic N) is 1. The molecule has 32 heavy (non-hydrogen) atoms. The molecule has 176 valence electrons. The zero-order valence-electron chi connectivity index (χ0n) is 19.2. The zero-order chi connectivity index (χ0) is 22.9. The van der Waals surface area contributed by atoms with Gasteiger partial charge in [-0.1, -0.05) is 38.5 Å². The Morgan fingerprint density at radius 3 is 2.78 bits per heavy atom. The molecule has 1 aliphatic heterocycles. The van der Waals surface area contributed by atoms with Crippen LogP contribution in [0, 0.1) is 11.7 Å². The molecule has 0 radical (unpaired) electrons. The topological polar surface area (TPSA) is 61.4 Å². The Labute approximate surface area is 195 Å². The molecule has 1 saturated heterocycles. The average Bonchev–Trinajstić information content (AvgIpc) is 2.80.